The molecule has 3 rings (SSSR count). The first-order chi connectivity index (χ1) is 11.9. The Morgan fingerprint density at radius 1 is 1.12 bits per heavy atom. The van der Waals surface area contributed by atoms with E-state index in [2.05, 4.69) is 4.40 Å². The topological polar surface area (TPSA) is 60.7 Å². The zero-order valence-electron chi connectivity index (χ0n) is 13.1. The van der Waals surface area contributed by atoms with Crippen molar-refractivity contribution in [3.63, 3.8) is 0 Å². The quantitative estimate of drug-likeness (QED) is 0.632. The maximum absolute atomic E-state index is 12.6. The highest BCUT2D eigenvalue weighted by Gasteiger charge is 2.15. The molecule has 132 valence electrons. The maximum Gasteiger partial charge on any atom is 0.285 e. The highest BCUT2D eigenvalue weighted by Crippen LogP contribution is 2.23. The van der Waals surface area contributed by atoms with Crippen LogP contribution < -0.4 is 4.80 Å². The number of rotatable bonds is 5. The molecule has 25 heavy (non-hydrogen) atoms. The third-order valence-electron chi connectivity index (χ3n) is 3.47. The number of nitrogens with zero attached hydrogens (tertiary/aromatic N) is 2. The molecule has 0 atom stereocenters. The van der Waals surface area contributed by atoms with Gasteiger partial charge in [0.25, 0.3) is 10.0 Å². The molecule has 1 aromatic heterocycles. The summed E-state index contributed by atoms with van der Waals surface area (Å²) >= 11 is 13.1. The Morgan fingerprint density at radius 2 is 1.80 bits per heavy atom. The van der Waals surface area contributed by atoms with Crippen LogP contribution in [0.2, 0.25) is 10.0 Å². The lowest BCUT2D eigenvalue weighted by Crippen LogP contribution is -2.19. The largest absolute Gasteiger partial charge is 0.383 e. The Labute approximate surface area is 159 Å². The number of sulfonamides is 1. The first-order valence-electron chi connectivity index (χ1n) is 7.25. The van der Waals surface area contributed by atoms with Gasteiger partial charge in [-0.05, 0) is 42.5 Å². The van der Waals surface area contributed by atoms with E-state index in [0.29, 0.717) is 28.0 Å². The number of thiazole rings is 1. The van der Waals surface area contributed by atoms with Crippen LogP contribution in [0.1, 0.15) is 0 Å². The molecule has 0 spiro atoms. The highest BCUT2D eigenvalue weighted by atomic mass is 35.5. The molecule has 0 aliphatic carbocycles. The minimum atomic E-state index is -3.85. The Kier molecular flexibility index (Phi) is 5.50. The van der Waals surface area contributed by atoms with E-state index in [4.69, 9.17) is 27.9 Å². The highest BCUT2D eigenvalue weighted by molar-refractivity contribution is 7.90. The summed E-state index contributed by atoms with van der Waals surface area (Å²) in [4.78, 5) is 0.454. The summed E-state index contributed by atoms with van der Waals surface area (Å²) in [7, 11) is -2.26. The van der Waals surface area contributed by atoms with E-state index >= 15 is 0 Å². The van der Waals surface area contributed by atoms with E-state index in [-0.39, 0.29) is 4.90 Å². The van der Waals surface area contributed by atoms with Gasteiger partial charge in [-0.15, -0.1) is 4.40 Å². The molecular weight excluding hydrogens is 403 g/mol. The number of halogens is 2. The average molecular weight is 417 g/mol. The second-order valence-corrected chi connectivity index (χ2v) is 8.65. The van der Waals surface area contributed by atoms with Crippen LogP contribution in [0.25, 0.3) is 10.2 Å². The lowest BCUT2D eigenvalue weighted by Gasteiger charge is -2.04. The van der Waals surface area contributed by atoms with Crippen molar-refractivity contribution in [2.24, 2.45) is 4.40 Å². The smallest absolute Gasteiger partial charge is 0.285 e. The molecule has 0 aliphatic rings. The molecule has 1 heterocycles. The molecular formula is C16H14Cl2N2O3S2. The van der Waals surface area contributed by atoms with Crippen LogP contribution in [-0.4, -0.2) is 26.7 Å². The first-order valence-corrected chi connectivity index (χ1v) is 10.3. The fourth-order valence-corrected chi connectivity index (χ4v) is 4.94. The van der Waals surface area contributed by atoms with E-state index in [1.165, 1.54) is 35.6 Å². The minimum absolute atomic E-state index is 0.0886. The van der Waals surface area contributed by atoms with Crippen molar-refractivity contribution in [3.05, 3.63) is 57.3 Å². The Balaban J connectivity index is 2.18. The Morgan fingerprint density at radius 3 is 2.48 bits per heavy atom. The lowest BCUT2D eigenvalue weighted by molar-refractivity contribution is 0.187. The minimum Gasteiger partial charge on any atom is -0.383 e. The van der Waals surface area contributed by atoms with Crippen LogP contribution in [0.15, 0.2) is 51.8 Å². The molecule has 5 nitrogen and oxygen atoms in total. The average Bonchev–Trinajstić information content (AvgIpc) is 2.88. The van der Waals surface area contributed by atoms with Crippen LogP contribution in [0.4, 0.5) is 0 Å². The second-order valence-electron chi connectivity index (χ2n) is 5.16. The SMILES string of the molecule is COCCn1c(=NS(=O)(=O)c2ccc(Cl)cc2)sc2cc(Cl)ccc21. The van der Waals surface area contributed by atoms with E-state index in [1.54, 1.807) is 19.2 Å². The van der Waals surface area contributed by atoms with Crippen LogP contribution in [-0.2, 0) is 21.3 Å². The summed E-state index contributed by atoms with van der Waals surface area (Å²) in [6, 6.07) is 11.3. The molecule has 0 radical (unpaired) electrons. The van der Waals surface area contributed by atoms with Crippen LogP contribution in [0.5, 0.6) is 0 Å². The molecule has 0 N–H and O–H groups in total. The van der Waals surface area contributed by atoms with Crippen LogP contribution >= 0.6 is 34.5 Å². The van der Waals surface area contributed by atoms with E-state index in [1.807, 2.05) is 10.6 Å². The molecule has 0 bridgehead atoms. The Bertz CT molecular complexity index is 1070. The van der Waals surface area contributed by atoms with Gasteiger partial charge >= 0.3 is 0 Å². The molecule has 0 amide bonds. The van der Waals surface area contributed by atoms with Crippen LogP contribution in [0.3, 0.4) is 0 Å². The number of aromatic nitrogens is 1. The summed E-state index contributed by atoms with van der Waals surface area (Å²) in [5.41, 5.74) is 0.858. The van der Waals surface area contributed by atoms with Gasteiger partial charge in [-0.2, -0.15) is 8.42 Å². The van der Waals surface area contributed by atoms with Crippen molar-refractivity contribution < 1.29 is 13.2 Å². The van der Waals surface area contributed by atoms with Crippen molar-refractivity contribution in [3.8, 4) is 0 Å². The number of methoxy groups -OCH3 is 1. The summed E-state index contributed by atoms with van der Waals surface area (Å²) in [6.07, 6.45) is 0. The van der Waals surface area contributed by atoms with Gasteiger partial charge in [0.1, 0.15) is 0 Å². The standard InChI is InChI=1S/C16H14Cl2N2O3S2/c1-23-9-8-20-14-7-4-12(18)10-15(14)24-16(20)19-25(21,22)13-5-2-11(17)3-6-13/h2-7,10H,8-9H2,1H3. The predicted octanol–water partition coefficient (Wildman–Crippen LogP) is 3.95. The molecule has 0 unspecified atom stereocenters. The number of benzene rings is 2. The fraction of sp³-hybridized carbons (Fsp3) is 0.188. The van der Waals surface area contributed by atoms with Gasteiger partial charge in [0.05, 0.1) is 21.7 Å². The molecule has 0 saturated heterocycles. The zero-order chi connectivity index (χ0) is 18.0. The van der Waals surface area contributed by atoms with Gasteiger partial charge in [-0.3, -0.25) is 0 Å². The Hall–Kier alpha value is -1.38. The molecule has 3 aromatic rings. The first kappa shape index (κ1) is 18.4. The monoisotopic (exact) mass is 416 g/mol. The normalized spacial score (nSPS) is 12.8. The van der Waals surface area contributed by atoms with Crippen LogP contribution in [0, 0.1) is 0 Å². The summed E-state index contributed by atoms with van der Waals surface area (Å²) < 4.78 is 37.0. The summed E-state index contributed by atoms with van der Waals surface area (Å²) in [5, 5.41) is 1.05. The maximum atomic E-state index is 12.6. The number of hydrogen-bond donors (Lipinski definition) is 0. The van der Waals surface area contributed by atoms with Gasteiger partial charge in [-0.25, -0.2) is 0 Å². The van der Waals surface area contributed by atoms with E-state index < -0.39 is 10.0 Å². The van der Waals surface area contributed by atoms with Crippen molar-refractivity contribution in [2.45, 2.75) is 11.4 Å². The molecule has 2 aromatic carbocycles. The summed E-state index contributed by atoms with van der Waals surface area (Å²) in [5.74, 6) is 0. The lowest BCUT2D eigenvalue weighted by atomic mass is 10.3. The van der Waals surface area contributed by atoms with Crippen molar-refractivity contribution in [2.75, 3.05) is 13.7 Å². The number of fused-ring (bicyclic) bond motifs is 1. The number of ether oxygens (including phenoxy) is 1. The van der Waals surface area contributed by atoms with E-state index in [0.717, 1.165) is 10.2 Å². The molecule has 0 aliphatic heterocycles. The van der Waals surface area contributed by atoms with Crippen molar-refractivity contribution in [1.29, 1.82) is 0 Å². The summed E-state index contributed by atoms with van der Waals surface area (Å²) in [6.45, 7) is 0.912. The van der Waals surface area contributed by atoms with Gasteiger partial charge in [0, 0.05) is 23.7 Å². The van der Waals surface area contributed by atoms with E-state index in [9.17, 15) is 8.42 Å². The zero-order valence-corrected chi connectivity index (χ0v) is 16.3. The van der Waals surface area contributed by atoms with Crippen molar-refractivity contribution in [1.82, 2.24) is 4.57 Å². The van der Waals surface area contributed by atoms with Gasteiger partial charge in [-0.1, -0.05) is 34.5 Å². The third-order valence-corrected chi connectivity index (χ3v) is 6.40. The molecule has 0 fully saturated rings. The van der Waals surface area contributed by atoms with Crippen molar-refractivity contribution >= 4 is 54.8 Å². The van der Waals surface area contributed by atoms with Gasteiger partial charge < -0.3 is 9.30 Å². The molecule has 9 heteroatoms. The number of hydrogen-bond acceptors (Lipinski definition) is 4. The van der Waals surface area contributed by atoms with Gasteiger partial charge in [0.15, 0.2) is 0 Å². The van der Waals surface area contributed by atoms with Gasteiger partial charge in [0.2, 0.25) is 4.80 Å². The fourth-order valence-electron chi connectivity index (χ4n) is 2.28. The third kappa shape index (κ3) is 4.07. The second kappa shape index (κ2) is 7.47. The molecule has 0 saturated carbocycles. The predicted molar refractivity (Wildman–Crippen MR) is 101 cm³/mol.